The number of H-pyrrole nitrogens is 1. The molecule has 0 unspecified atom stereocenters. The highest BCUT2D eigenvalue weighted by Gasteiger charge is 2.33. The number of rotatable bonds is 23. The standard InChI is InChI=1S/C39H54N10O8S/c1-22(44-24(3)50)33(51)48-32(20-26-21-43-28-14-9-8-13-27(26)28)37(55)47-30(16-18-58-4)35(53)46-29(15-10-17-42-39(40)41)34(52)49-31(19-25-11-6-5-7-12-25)36(54)45-23(2)38(56)57/h5-9,11-14,21-23,29-32,43H,10,15-20H2,1-4H3,(H,44,50)(H,45,54)(H,46,53)(H,47,55)(H,48,51)(H,49,52)(H,56,57)(H4,40,41,42)/t22-,23-,29-,30-,31-,32-/m0/s1. The van der Waals surface area contributed by atoms with E-state index in [9.17, 15) is 38.7 Å². The number of nitrogens with zero attached hydrogens (tertiary/aromatic N) is 1. The molecule has 314 valence electrons. The fourth-order valence-corrected chi connectivity index (χ4v) is 6.40. The van der Waals surface area contributed by atoms with Crippen LogP contribution in [-0.4, -0.2) is 112 Å². The molecule has 1 heterocycles. The van der Waals surface area contributed by atoms with Crippen LogP contribution in [0.2, 0.25) is 0 Å². The van der Waals surface area contributed by atoms with Crippen LogP contribution in [0, 0.1) is 0 Å². The van der Waals surface area contributed by atoms with Crippen molar-refractivity contribution in [3.8, 4) is 0 Å². The zero-order chi connectivity index (χ0) is 42.8. The van der Waals surface area contributed by atoms with Crippen molar-refractivity contribution < 1.29 is 38.7 Å². The van der Waals surface area contributed by atoms with Gasteiger partial charge in [0.15, 0.2) is 5.96 Å². The number of carboxylic acids is 1. The third-order valence-corrected chi connectivity index (χ3v) is 9.66. The summed E-state index contributed by atoms with van der Waals surface area (Å²) in [6.45, 7) is 4.15. The van der Waals surface area contributed by atoms with Gasteiger partial charge in [-0.05, 0) is 62.3 Å². The first-order valence-electron chi connectivity index (χ1n) is 18.7. The van der Waals surface area contributed by atoms with E-state index >= 15 is 0 Å². The van der Waals surface area contributed by atoms with Crippen molar-refractivity contribution in [2.45, 2.75) is 89.1 Å². The average molecular weight is 823 g/mol. The maximum atomic E-state index is 14.1. The van der Waals surface area contributed by atoms with Crippen LogP contribution in [0.4, 0.5) is 0 Å². The van der Waals surface area contributed by atoms with Gasteiger partial charge in [0.2, 0.25) is 35.4 Å². The van der Waals surface area contributed by atoms with Crippen LogP contribution in [0.15, 0.2) is 65.8 Å². The van der Waals surface area contributed by atoms with Gasteiger partial charge >= 0.3 is 5.97 Å². The van der Waals surface area contributed by atoms with E-state index in [4.69, 9.17) is 11.5 Å². The number of carbonyl (C=O) groups is 7. The second-order valence-electron chi connectivity index (χ2n) is 13.7. The molecule has 1 aromatic heterocycles. The fraction of sp³-hybridized carbons (Fsp3) is 0.436. The highest BCUT2D eigenvalue weighted by Crippen LogP contribution is 2.19. The molecular formula is C39H54N10O8S. The Morgan fingerprint density at radius 2 is 1.26 bits per heavy atom. The number of nitrogens with two attached hydrogens (primary N) is 2. The third-order valence-electron chi connectivity index (χ3n) is 9.01. The van der Waals surface area contributed by atoms with Crippen LogP contribution in [-0.2, 0) is 46.4 Å². The van der Waals surface area contributed by atoms with E-state index in [0.717, 1.165) is 16.5 Å². The number of aromatic amines is 1. The van der Waals surface area contributed by atoms with Crippen molar-refractivity contribution in [2.75, 3.05) is 18.6 Å². The first-order valence-corrected chi connectivity index (χ1v) is 20.1. The van der Waals surface area contributed by atoms with E-state index in [-0.39, 0.29) is 44.6 Å². The van der Waals surface area contributed by atoms with Gasteiger partial charge in [0, 0.05) is 43.4 Å². The van der Waals surface area contributed by atoms with Gasteiger partial charge in [-0.25, -0.2) is 0 Å². The normalized spacial score (nSPS) is 14.0. The largest absolute Gasteiger partial charge is 0.480 e. The summed E-state index contributed by atoms with van der Waals surface area (Å²) in [5.41, 5.74) is 13.2. The minimum Gasteiger partial charge on any atom is -0.480 e. The molecule has 0 fully saturated rings. The molecule has 2 aromatic carbocycles. The molecule has 0 aliphatic rings. The van der Waals surface area contributed by atoms with Gasteiger partial charge in [-0.1, -0.05) is 48.5 Å². The fourth-order valence-electron chi connectivity index (χ4n) is 5.93. The summed E-state index contributed by atoms with van der Waals surface area (Å²) >= 11 is 1.42. The van der Waals surface area contributed by atoms with Crippen LogP contribution in [0.3, 0.4) is 0 Å². The molecule has 0 bridgehead atoms. The Morgan fingerprint density at radius 1 is 0.707 bits per heavy atom. The molecule has 0 aliphatic heterocycles. The molecule has 6 amide bonds. The van der Waals surface area contributed by atoms with E-state index in [1.54, 1.807) is 36.5 Å². The predicted octanol–water partition coefficient (Wildman–Crippen LogP) is -0.187. The van der Waals surface area contributed by atoms with Gasteiger partial charge in [-0.3, -0.25) is 38.6 Å². The van der Waals surface area contributed by atoms with Crippen LogP contribution in [0.1, 0.15) is 51.2 Å². The maximum Gasteiger partial charge on any atom is 0.325 e. The molecule has 0 saturated heterocycles. The predicted molar refractivity (Wildman–Crippen MR) is 221 cm³/mol. The van der Waals surface area contributed by atoms with E-state index < -0.39 is 77.7 Å². The molecule has 0 radical (unpaired) electrons. The number of hydrogen-bond acceptors (Lipinski definition) is 9. The molecule has 0 saturated carbocycles. The number of aliphatic imine (C=N–C) groups is 1. The molecule has 12 N–H and O–H groups in total. The molecule has 58 heavy (non-hydrogen) atoms. The smallest absolute Gasteiger partial charge is 0.325 e. The van der Waals surface area contributed by atoms with Crippen LogP contribution >= 0.6 is 11.8 Å². The first kappa shape index (κ1) is 46.3. The lowest BCUT2D eigenvalue weighted by Crippen LogP contribution is -2.59. The van der Waals surface area contributed by atoms with Gasteiger partial charge < -0.3 is 53.5 Å². The summed E-state index contributed by atoms with van der Waals surface area (Å²) in [6.07, 6.45) is 3.98. The summed E-state index contributed by atoms with van der Waals surface area (Å²) in [4.78, 5) is 98.9. The molecule has 0 aliphatic carbocycles. The molecule has 19 heteroatoms. The third kappa shape index (κ3) is 15.1. The lowest BCUT2D eigenvalue weighted by atomic mass is 10.0. The van der Waals surface area contributed by atoms with Crippen molar-refractivity contribution >= 4 is 70.0 Å². The number of thioether (sulfide) groups is 1. The number of carbonyl (C=O) groups excluding carboxylic acids is 6. The number of guanidine groups is 1. The van der Waals surface area contributed by atoms with Crippen molar-refractivity contribution in [3.05, 3.63) is 71.9 Å². The van der Waals surface area contributed by atoms with Crippen molar-refractivity contribution in [2.24, 2.45) is 16.5 Å². The maximum absolute atomic E-state index is 14.1. The Morgan fingerprint density at radius 3 is 1.88 bits per heavy atom. The molecule has 0 spiro atoms. The number of benzene rings is 2. The van der Waals surface area contributed by atoms with Gasteiger partial charge in [-0.15, -0.1) is 0 Å². The SMILES string of the molecule is CSCC[C@H](NC(=O)[C@H](Cc1c[nH]c2ccccc12)NC(=O)[C@H](C)NC(C)=O)C(=O)N[C@@H](CCCN=C(N)N)C(=O)N[C@@H](Cc1ccccc1)C(=O)N[C@@H](C)C(=O)O. The summed E-state index contributed by atoms with van der Waals surface area (Å²) in [6, 6.07) is 9.14. The van der Waals surface area contributed by atoms with Gasteiger partial charge in [0.25, 0.3) is 0 Å². The van der Waals surface area contributed by atoms with E-state index in [1.165, 1.54) is 32.5 Å². The number of hydrogen-bond donors (Lipinski definition) is 10. The van der Waals surface area contributed by atoms with Crippen molar-refractivity contribution in [1.82, 2.24) is 36.9 Å². The van der Waals surface area contributed by atoms with Crippen LogP contribution < -0.4 is 43.4 Å². The number of aromatic nitrogens is 1. The lowest BCUT2D eigenvalue weighted by Gasteiger charge is -2.27. The number of fused-ring (bicyclic) bond motifs is 1. The molecule has 3 rings (SSSR count). The van der Waals surface area contributed by atoms with Gasteiger partial charge in [0.05, 0.1) is 0 Å². The summed E-state index contributed by atoms with van der Waals surface area (Å²) in [5.74, 6) is -4.96. The highest BCUT2D eigenvalue weighted by molar-refractivity contribution is 7.98. The molecule has 18 nitrogen and oxygen atoms in total. The first-order chi connectivity index (χ1) is 27.6. The Kier molecular flexibility index (Phi) is 18.5. The second-order valence-corrected chi connectivity index (χ2v) is 14.7. The zero-order valence-electron chi connectivity index (χ0n) is 33.0. The van der Waals surface area contributed by atoms with Gasteiger partial charge in [0.1, 0.15) is 36.3 Å². The van der Waals surface area contributed by atoms with Crippen LogP contribution in [0.25, 0.3) is 10.9 Å². The van der Waals surface area contributed by atoms with Crippen molar-refractivity contribution in [3.63, 3.8) is 0 Å². The van der Waals surface area contributed by atoms with Crippen molar-refractivity contribution in [1.29, 1.82) is 0 Å². The Hall–Kier alpha value is -6.11. The minimum absolute atomic E-state index is 0.00984. The average Bonchev–Trinajstić information content (AvgIpc) is 3.59. The second kappa shape index (κ2) is 23.2. The highest BCUT2D eigenvalue weighted by atomic mass is 32.2. The molecular weight excluding hydrogens is 769 g/mol. The monoisotopic (exact) mass is 822 g/mol. The van der Waals surface area contributed by atoms with Crippen LogP contribution in [0.5, 0.6) is 0 Å². The zero-order valence-corrected chi connectivity index (χ0v) is 33.8. The Bertz CT molecular complexity index is 1920. The lowest BCUT2D eigenvalue weighted by molar-refractivity contribution is -0.141. The number of carboxylic acid groups (broad SMARTS) is 1. The minimum atomic E-state index is -1.27. The van der Waals surface area contributed by atoms with Gasteiger partial charge in [-0.2, -0.15) is 11.8 Å². The topological polar surface area (TPSA) is 292 Å². The number of aliphatic carboxylic acids is 1. The Balaban J connectivity index is 1.90. The number of amides is 6. The number of para-hydroxylation sites is 1. The van der Waals surface area contributed by atoms with E-state index in [0.29, 0.717) is 11.3 Å². The summed E-state index contributed by atoms with van der Waals surface area (Å²) in [7, 11) is 0. The Labute approximate surface area is 340 Å². The quantitative estimate of drug-likeness (QED) is 0.0340. The summed E-state index contributed by atoms with van der Waals surface area (Å²) < 4.78 is 0. The molecule has 3 aromatic rings. The van der Waals surface area contributed by atoms with E-state index in [2.05, 4.69) is 41.9 Å². The number of nitrogens with one attached hydrogen (secondary N) is 7. The van der Waals surface area contributed by atoms with E-state index in [1.807, 2.05) is 30.5 Å². The summed E-state index contributed by atoms with van der Waals surface area (Å²) in [5, 5.41) is 26.0. The molecule has 6 atom stereocenters.